The molecule has 0 aliphatic carbocycles. The summed E-state index contributed by atoms with van der Waals surface area (Å²) in [6.45, 7) is 0. The second kappa shape index (κ2) is 19.9. The molecule has 0 atom stereocenters. The highest BCUT2D eigenvalue weighted by atomic mass is 32.3. The van der Waals surface area contributed by atoms with E-state index in [0.29, 0.717) is 17.7 Å². The first kappa shape index (κ1) is 53.7. The Morgan fingerprint density at radius 1 is 0.300 bits per heavy atom. The van der Waals surface area contributed by atoms with Gasteiger partial charge in [-0.05, 0) is 64.6 Å². The monoisotopic (exact) mass is 1030 g/mol. The van der Waals surface area contributed by atoms with Gasteiger partial charge in [0.25, 0.3) is 0 Å². The molecule has 0 bridgehead atoms. The predicted octanol–water partition coefficient (Wildman–Crippen LogP) is -14.9. The van der Waals surface area contributed by atoms with E-state index in [1.165, 1.54) is 134 Å². The molecule has 0 aliphatic heterocycles. The van der Waals surface area contributed by atoms with E-state index in [1.54, 1.807) is 0 Å². The third-order valence-corrected chi connectivity index (χ3v) is 23.5. The number of hydrogen-bond acceptors (Lipinski definition) is 3. The van der Waals surface area contributed by atoms with Crippen molar-refractivity contribution in [2.45, 2.75) is 19.6 Å². The SMILES string of the molecule is Bc1c(B)c(B)c(-c2cccc(S(c3ccccc3)(c3ccccc3)c3c(B)c(B)c(B)c(-c4nc(-n5c6ccccc6c6c(B)c(B)c(B)c(B)c65)nc(-n5c6ccccc6c6c(B)c(B)c(B)c(B)c65)n4)c3B)c2)c(B)c1B. The van der Waals surface area contributed by atoms with Gasteiger partial charge in [0.2, 0.25) is 11.9 Å². The van der Waals surface area contributed by atoms with Crippen LogP contribution in [0.2, 0.25) is 0 Å². The lowest BCUT2D eigenvalue weighted by atomic mass is 9.60. The Balaban J connectivity index is 1.26. The van der Waals surface area contributed by atoms with E-state index in [0.717, 1.165) is 38.6 Å². The topological polar surface area (TPSA) is 48.5 Å². The van der Waals surface area contributed by atoms with Crippen molar-refractivity contribution in [1.82, 2.24) is 24.1 Å². The van der Waals surface area contributed by atoms with Gasteiger partial charge in [-0.1, -0.05) is 150 Å². The Hall–Kier alpha value is -6.96. The van der Waals surface area contributed by atoms with Gasteiger partial charge in [-0.3, -0.25) is 9.13 Å². The van der Waals surface area contributed by atoms with Crippen molar-refractivity contribution in [2.75, 3.05) is 0 Å². The van der Waals surface area contributed by atoms with Crippen LogP contribution in [0.25, 0.3) is 78.0 Å². The smallest absolute Gasteiger partial charge is 0.240 e. The van der Waals surface area contributed by atoms with Gasteiger partial charge in [-0.15, -0.1) is 37.3 Å². The van der Waals surface area contributed by atoms with Crippen LogP contribution in [-0.4, -0.2) is 157 Å². The molecule has 0 spiro atoms. The molecule has 3 heterocycles. The third-order valence-electron chi connectivity index (χ3n) is 19.4. The zero-order valence-electron chi connectivity index (χ0n) is 49.8. The molecule has 0 saturated carbocycles. The molecule has 12 aromatic rings. The lowest BCUT2D eigenvalue weighted by molar-refractivity contribution is 0.895. The van der Waals surface area contributed by atoms with Gasteiger partial charge in [-0.25, -0.2) is 0 Å². The lowest BCUT2D eigenvalue weighted by Gasteiger charge is -2.45. The van der Waals surface area contributed by atoms with E-state index < -0.39 is 10.0 Å². The fraction of sp³-hybridized carbons (Fsp3) is 0. The molecular weight excluding hydrogens is 971 g/mol. The van der Waals surface area contributed by atoms with Crippen LogP contribution in [0.15, 0.2) is 153 Å². The third kappa shape index (κ3) is 7.68. The Morgan fingerprint density at radius 3 is 1.15 bits per heavy atom. The number of benzene rings is 9. The predicted molar refractivity (Wildman–Crippen MR) is 398 cm³/mol. The minimum absolute atomic E-state index is 0.594. The molecule has 0 unspecified atom stereocenters. The highest BCUT2D eigenvalue weighted by Crippen LogP contribution is 2.72. The molecule has 12 rings (SSSR count). The molecule has 0 N–H and O–H groups in total. The van der Waals surface area contributed by atoms with Crippen molar-refractivity contribution in [1.29, 1.82) is 0 Å². The molecule has 0 radical (unpaired) electrons. The van der Waals surface area contributed by atoms with Gasteiger partial charge in [-0.2, -0.15) is 15.0 Å². The van der Waals surface area contributed by atoms with Crippen LogP contribution in [0.3, 0.4) is 0 Å². The van der Waals surface area contributed by atoms with Crippen LogP contribution in [-0.2, 0) is 0 Å². The Bertz CT molecular complexity index is 4420. The molecule has 9 aromatic carbocycles. The summed E-state index contributed by atoms with van der Waals surface area (Å²) in [6.07, 6.45) is 0. The van der Waals surface area contributed by atoms with Gasteiger partial charge in [0.15, 0.2) is 5.82 Å². The number of fused-ring (bicyclic) bond motifs is 6. The molecule has 366 valence electrons. The van der Waals surface area contributed by atoms with Crippen LogP contribution < -0.4 is 92.9 Å². The average molecular weight is 1030 g/mol. The molecule has 5 nitrogen and oxygen atoms in total. The zero-order valence-corrected chi connectivity index (χ0v) is 50.7. The second-order valence-corrected chi connectivity index (χ2v) is 25.9. The Morgan fingerprint density at radius 2 is 0.675 bits per heavy atom. The normalized spacial score (nSPS) is 12.1. The maximum atomic E-state index is 5.88. The van der Waals surface area contributed by atoms with Crippen molar-refractivity contribution < 1.29 is 0 Å². The standard InChI is InChI=1S/C57H56B17N5S/c58-35-31(36(59)42(65)46(69)41(35)64)23-12-11-17-26(22-23)80(24-13-3-1-4-14-24,25-15-5-2-6-16-25)54-40(63)34(39(62)45(68)51(54)74)55-75-56(78-29-20-9-7-18-27(29)32-37(60)43(66)47(70)49(72)52(32)78)77-57(76-55)79-30-21-10-8-19-28(30)33-38(61)44(67)48(71)50(73)53(33)79/h1-22H,58-74H2. The summed E-state index contributed by atoms with van der Waals surface area (Å²) in [6, 6.07) is 49.8. The van der Waals surface area contributed by atoms with Crippen molar-refractivity contribution >= 4 is 280 Å². The van der Waals surface area contributed by atoms with E-state index in [2.05, 4.69) is 276 Å². The summed E-state index contributed by atoms with van der Waals surface area (Å²) in [7, 11) is 36.6. The molecule has 0 saturated heterocycles. The van der Waals surface area contributed by atoms with Gasteiger partial charge in [0.05, 0.1) is 11.0 Å². The summed E-state index contributed by atoms with van der Waals surface area (Å²) in [5.41, 5.74) is 29.8. The fourth-order valence-electron chi connectivity index (χ4n) is 13.8. The Kier molecular flexibility index (Phi) is 13.4. The first-order chi connectivity index (χ1) is 38.3. The maximum Gasteiger partial charge on any atom is 0.240 e. The molecule has 0 fully saturated rings. The summed E-state index contributed by atoms with van der Waals surface area (Å²) in [5.74, 6) is 1.84. The Labute approximate surface area is 488 Å². The molecule has 3 aromatic heterocycles. The number of aromatic nitrogens is 5. The van der Waals surface area contributed by atoms with E-state index in [1.807, 2.05) is 0 Å². The summed E-state index contributed by atoms with van der Waals surface area (Å²) in [4.78, 5) is 22.7. The van der Waals surface area contributed by atoms with Gasteiger partial charge in [0, 0.05) is 52.8 Å². The van der Waals surface area contributed by atoms with Crippen LogP contribution in [0.4, 0.5) is 0 Å². The summed E-state index contributed by atoms with van der Waals surface area (Å²) >= 11 is 0. The van der Waals surface area contributed by atoms with Crippen molar-refractivity contribution in [3.63, 3.8) is 0 Å². The number of para-hydroxylation sites is 2. The van der Waals surface area contributed by atoms with Crippen LogP contribution in [0.5, 0.6) is 0 Å². The first-order valence-corrected chi connectivity index (χ1v) is 29.9. The number of hydrogen-bond donors (Lipinski definition) is 0. The quantitative estimate of drug-likeness (QED) is 0.143. The molecule has 23 heteroatoms. The molecule has 80 heavy (non-hydrogen) atoms. The molecule has 0 aliphatic rings. The second-order valence-electron chi connectivity index (χ2n) is 22.9. The van der Waals surface area contributed by atoms with E-state index in [9.17, 15) is 0 Å². The van der Waals surface area contributed by atoms with Gasteiger partial charge in [0.1, 0.15) is 133 Å². The molecule has 0 amide bonds. The first-order valence-electron chi connectivity index (χ1n) is 28.3. The van der Waals surface area contributed by atoms with Crippen molar-refractivity contribution in [2.24, 2.45) is 0 Å². The van der Waals surface area contributed by atoms with Gasteiger partial charge < -0.3 is 0 Å². The fourth-order valence-corrected chi connectivity index (χ4v) is 18.2. The van der Waals surface area contributed by atoms with Crippen molar-refractivity contribution in [3.05, 3.63) is 133 Å². The van der Waals surface area contributed by atoms with E-state index in [4.69, 9.17) is 15.0 Å². The highest BCUT2D eigenvalue weighted by Gasteiger charge is 2.38. The summed E-state index contributed by atoms with van der Waals surface area (Å²) in [5, 5.41) is 4.85. The number of nitrogens with zero attached hydrogens (tertiary/aromatic N) is 5. The van der Waals surface area contributed by atoms with Crippen LogP contribution in [0, 0.1) is 0 Å². The number of rotatable bonds is 8. The zero-order chi connectivity index (χ0) is 56.5. The highest BCUT2D eigenvalue weighted by molar-refractivity contribution is 8.34. The van der Waals surface area contributed by atoms with E-state index in [-0.39, 0.29) is 0 Å². The van der Waals surface area contributed by atoms with Gasteiger partial charge >= 0.3 is 0 Å². The minimum atomic E-state index is -2.27. The molecular formula is C57H56B17N5S. The van der Waals surface area contributed by atoms with Crippen LogP contribution in [0.1, 0.15) is 0 Å². The summed E-state index contributed by atoms with van der Waals surface area (Å²) < 4.78 is 4.69. The average Bonchev–Trinajstić information content (AvgIpc) is 4.17. The van der Waals surface area contributed by atoms with Crippen LogP contribution >= 0.6 is 10.0 Å². The minimum Gasteiger partial charge on any atom is -0.278 e. The maximum absolute atomic E-state index is 5.88. The van der Waals surface area contributed by atoms with E-state index >= 15 is 0 Å². The largest absolute Gasteiger partial charge is 0.278 e. The lowest BCUT2D eigenvalue weighted by Crippen LogP contribution is -2.55. The van der Waals surface area contributed by atoms with Crippen molar-refractivity contribution in [3.8, 4) is 34.4 Å².